The highest BCUT2D eigenvalue weighted by Gasteiger charge is 2.27. The smallest absolute Gasteiger partial charge is 0.216 e. The van der Waals surface area contributed by atoms with Gasteiger partial charge in [-0.3, -0.25) is 4.99 Å². The molecule has 0 saturated carbocycles. The highest BCUT2D eigenvalue weighted by molar-refractivity contribution is 7.89. The third-order valence-corrected chi connectivity index (χ3v) is 6.63. The number of hydrogen-bond donors (Lipinski definition) is 2. The maximum absolute atomic E-state index is 12.5. The van der Waals surface area contributed by atoms with Crippen molar-refractivity contribution < 1.29 is 13.2 Å². The number of sulfonamides is 1. The number of pyridine rings is 1. The van der Waals surface area contributed by atoms with Crippen molar-refractivity contribution >= 4 is 21.8 Å². The molecule has 30 heavy (non-hydrogen) atoms. The monoisotopic (exact) mass is 440 g/mol. The van der Waals surface area contributed by atoms with Crippen LogP contribution in [0.3, 0.4) is 0 Å². The van der Waals surface area contributed by atoms with Crippen molar-refractivity contribution in [1.29, 1.82) is 0 Å². The van der Waals surface area contributed by atoms with Crippen LogP contribution < -0.4 is 10.6 Å². The summed E-state index contributed by atoms with van der Waals surface area (Å²) in [5, 5.41) is 6.68. The number of aromatic nitrogens is 1. The Balaban J connectivity index is 1.64. The lowest BCUT2D eigenvalue weighted by Gasteiger charge is -2.35. The molecule has 10 heteroatoms. The van der Waals surface area contributed by atoms with Crippen molar-refractivity contribution in [3.05, 3.63) is 24.4 Å². The molecule has 0 aromatic carbocycles. The molecule has 0 amide bonds. The van der Waals surface area contributed by atoms with Gasteiger partial charge in [-0.1, -0.05) is 6.07 Å². The molecule has 1 aromatic heterocycles. The molecular formula is C20H36N6O3S. The number of nitrogens with zero attached hydrogens (tertiary/aromatic N) is 4. The summed E-state index contributed by atoms with van der Waals surface area (Å²) in [5.74, 6) is 1.75. The zero-order valence-electron chi connectivity index (χ0n) is 18.4. The number of unbranched alkanes of at least 4 members (excludes halogenated alkanes) is 1. The van der Waals surface area contributed by atoms with Crippen LogP contribution in [0, 0.1) is 0 Å². The van der Waals surface area contributed by atoms with Crippen molar-refractivity contribution in [2.75, 3.05) is 64.0 Å². The van der Waals surface area contributed by atoms with Gasteiger partial charge in [-0.25, -0.2) is 13.4 Å². The average Bonchev–Trinajstić information content (AvgIpc) is 2.74. The molecule has 170 valence electrons. The Hall–Kier alpha value is -1.91. The second-order valence-corrected chi connectivity index (χ2v) is 9.53. The molecule has 1 saturated heterocycles. The number of ether oxygens (including phenoxy) is 1. The zero-order chi connectivity index (χ0) is 21.8. The molecule has 1 aromatic rings. The summed E-state index contributed by atoms with van der Waals surface area (Å²) in [6.45, 7) is 7.93. The second kappa shape index (κ2) is 12.7. The zero-order valence-corrected chi connectivity index (χ0v) is 19.2. The van der Waals surface area contributed by atoms with E-state index >= 15 is 0 Å². The third-order valence-electron chi connectivity index (χ3n) is 4.79. The summed E-state index contributed by atoms with van der Waals surface area (Å²) in [6, 6.07) is 5.82. The Bertz CT molecular complexity index is 734. The molecule has 0 spiro atoms. The third kappa shape index (κ3) is 8.45. The van der Waals surface area contributed by atoms with Gasteiger partial charge in [0, 0.05) is 52.5 Å². The predicted molar refractivity (Wildman–Crippen MR) is 121 cm³/mol. The Kier molecular flexibility index (Phi) is 10.3. The Labute approximate surface area is 181 Å². The van der Waals surface area contributed by atoms with Gasteiger partial charge in [-0.2, -0.15) is 4.31 Å². The molecule has 0 bridgehead atoms. The van der Waals surface area contributed by atoms with E-state index < -0.39 is 10.0 Å². The van der Waals surface area contributed by atoms with Crippen molar-refractivity contribution in [2.45, 2.75) is 32.8 Å². The Morgan fingerprint density at radius 1 is 1.20 bits per heavy atom. The van der Waals surface area contributed by atoms with Gasteiger partial charge in [0.1, 0.15) is 5.82 Å². The summed E-state index contributed by atoms with van der Waals surface area (Å²) in [4.78, 5) is 10.7. The van der Waals surface area contributed by atoms with Crippen LogP contribution in [-0.4, -0.2) is 93.3 Å². The standard InChI is InChI=1S/C20H36N6O3S/c1-18(2)29-16-17-30(27,28)26-14-12-25(13-15-26)20(21-3)24-11-7-6-10-23-19-8-4-5-9-22-19/h4-5,8-9,18H,6-7,10-17H2,1-3H3,(H,21,24)(H,22,23). The first-order valence-electron chi connectivity index (χ1n) is 10.6. The molecular weight excluding hydrogens is 404 g/mol. The normalized spacial score (nSPS) is 16.1. The summed E-state index contributed by atoms with van der Waals surface area (Å²) in [6.07, 6.45) is 3.84. The molecule has 0 atom stereocenters. The SMILES string of the molecule is CN=C(NCCCCNc1ccccn1)N1CCN(S(=O)(=O)CCOC(C)C)CC1. The first-order chi connectivity index (χ1) is 14.4. The molecule has 9 nitrogen and oxygen atoms in total. The van der Waals surface area contributed by atoms with E-state index in [-0.39, 0.29) is 18.5 Å². The molecule has 0 radical (unpaired) electrons. The van der Waals surface area contributed by atoms with Crippen molar-refractivity contribution in [2.24, 2.45) is 4.99 Å². The predicted octanol–water partition coefficient (Wildman–Crippen LogP) is 1.22. The van der Waals surface area contributed by atoms with Crippen LogP contribution in [0.5, 0.6) is 0 Å². The van der Waals surface area contributed by atoms with Gasteiger partial charge in [-0.15, -0.1) is 0 Å². The number of aliphatic imine (C=N–C) groups is 1. The minimum absolute atomic E-state index is 0.0324. The van der Waals surface area contributed by atoms with Crippen LogP contribution in [0.25, 0.3) is 0 Å². The second-order valence-electron chi connectivity index (χ2n) is 7.44. The summed E-state index contributed by atoms with van der Waals surface area (Å²) < 4.78 is 31.9. The number of anilines is 1. The van der Waals surface area contributed by atoms with Gasteiger partial charge in [0.25, 0.3) is 0 Å². The van der Waals surface area contributed by atoms with Gasteiger partial charge < -0.3 is 20.3 Å². The number of hydrogen-bond acceptors (Lipinski definition) is 6. The fourth-order valence-corrected chi connectivity index (χ4v) is 4.45. The molecule has 1 aliphatic rings. The summed E-state index contributed by atoms with van der Waals surface area (Å²) in [5.41, 5.74) is 0. The number of rotatable bonds is 11. The van der Waals surface area contributed by atoms with Crippen LogP contribution in [0.15, 0.2) is 29.4 Å². The van der Waals surface area contributed by atoms with Crippen molar-refractivity contribution in [3.63, 3.8) is 0 Å². The maximum Gasteiger partial charge on any atom is 0.216 e. The molecule has 1 aliphatic heterocycles. The topological polar surface area (TPSA) is 99.2 Å². The fraction of sp³-hybridized carbons (Fsp3) is 0.700. The molecule has 1 fully saturated rings. The van der Waals surface area contributed by atoms with E-state index in [0.29, 0.717) is 26.2 Å². The average molecular weight is 441 g/mol. The van der Waals surface area contributed by atoms with E-state index in [2.05, 4.69) is 25.5 Å². The van der Waals surface area contributed by atoms with Crippen LogP contribution >= 0.6 is 0 Å². The Morgan fingerprint density at radius 2 is 1.93 bits per heavy atom. The van der Waals surface area contributed by atoms with Crippen LogP contribution in [0.1, 0.15) is 26.7 Å². The minimum Gasteiger partial charge on any atom is -0.378 e. The largest absolute Gasteiger partial charge is 0.378 e. The van der Waals surface area contributed by atoms with E-state index in [0.717, 1.165) is 37.7 Å². The van der Waals surface area contributed by atoms with Crippen molar-refractivity contribution in [3.8, 4) is 0 Å². The lowest BCUT2D eigenvalue weighted by molar-refractivity contribution is 0.0904. The minimum atomic E-state index is -3.28. The first kappa shape index (κ1) is 24.4. The maximum atomic E-state index is 12.5. The molecule has 0 unspecified atom stereocenters. The summed E-state index contributed by atoms with van der Waals surface area (Å²) >= 11 is 0. The van der Waals surface area contributed by atoms with Gasteiger partial charge in [0.15, 0.2) is 5.96 Å². The highest BCUT2D eigenvalue weighted by atomic mass is 32.2. The van der Waals surface area contributed by atoms with Crippen LogP contribution in [0.4, 0.5) is 5.82 Å². The molecule has 0 aliphatic carbocycles. The quantitative estimate of drug-likeness (QED) is 0.303. The molecule has 2 N–H and O–H groups in total. The lowest BCUT2D eigenvalue weighted by atomic mass is 10.3. The van der Waals surface area contributed by atoms with E-state index in [4.69, 9.17) is 4.74 Å². The molecule has 2 rings (SSSR count). The number of piperazine rings is 1. The fourth-order valence-electron chi connectivity index (χ4n) is 3.16. The summed E-state index contributed by atoms with van der Waals surface area (Å²) in [7, 11) is -1.51. The van der Waals surface area contributed by atoms with Gasteiger partial charge in [0.2, 0.25) is 10.0 Å². The van der Waals surface area contributed by atoms with E-state index in [1.54, 1.807) is 17.5 Å². The number of guanidine groups is 1. The van der Waals surface area contributed by atoms with E-state index in [1.807, 2.05) is 32.0 Å². The van der Waals surface area contributed by atoms with Crippen LogP contribution in [0.2, 0.25) is 0 Å². The van der Waals surface area contributed by atoms with Crippen LogP contribution in [-0.2, 0) is 14.8 Å². The van der Waals surface area contributed by atoms with E-state index in [9.17, 15) is 8.42 Å². The van der Waals surface area contributed by atoms with Gasteiger partial charge >= 0.3 is 0 Å². The van der Waals surface area contributed by atoms with E-state index in [1.165, 1.54) is 0 Å². The number of nitrogens with one attached hydrogen (secondary N) is 2. The van der Waals surface area contributed by atoms with Crippen molar-refractivity contribution in [1.82, 2.24) is 19.5 Å². The van der Waals surface area contributed by atoms with Gasteiger partial charge in [0.05, 0.1) is 18.5 Å². The first-order valence-corrected chi connectivity index (χ1v) is 12.2. The highest BCUT2D eigenvalue weighted by Crippen LogP contribution is 2.09. The van der Waals surface area contributed by atoms with Gasteiger partial charge in [-0.05, 0) is 38.8 Å². The molecule has 2 heterocycles. The Morgan fingerprint density at radius 3 is 2.57 bits per heavy atom. The lowest BCUT2D eigenvalue weighted by Crippen LogP contribution is -2.54.